The van der Waals surface area contributed by atoms with Crippen LogP contribution in [-0.2, 0) is 4.74 Å². The van der Waals surface area contributed by atoms with E-state index >= 15 is 0 Å². The molecule has 1 N–H and O–H groups in total. The third kappa shape index (κ3) is 6.73. The Hall–Kier alpha value is -3.05. The normalized spacial score (nSPS) is 18.0. The summed E-state index contributed by atoms with van der Waals surface area (Å²) >= 11 is 1.49. The molecular weight excluding hydrogens is 469 g/mol. The number of carbonyl (C=O) groups is 1. The van der Waals surface area contributed by atoms with Crippen molar-refractivity contribution >= 4 is 29.8 Å². The average molecular weight is 495 g/mol. The van der Waals surface area contributed by atoms with Crippen LogP contribution in [-0.4, -0.2) is 55.0 Å². The number of nitrogens with zero attached hydrogens (tertiary/aromatic N) is 3. The summed E-state index contributed by atoms with van der Waals surface area (Å²) in [5, 5.41) is 3.53. The molecule has 2 atom stereocenters. The number of carbonyl (C=O) groups excluding carboxylic acids is 1. The summed E-state index contributed by atoms with van der Waals surface area (Å²) in [6.07, 6.45) is -1.29. The van der Waals surface area contributed by atoms with Crippen molar-refractivity contribution < 1.29 is 27.4 Å². The van der Waals surface area contributed by atoms with Crippen molar-refractivity contribution in [3.8, 4) is 16.3 Å². The van der Waals surface area contributed by atoms with Crippen molar-refractivity contribution in [3.05, 3.63) is 46.6 Å². The van der Waals surface area contributed by atoms with E-state index in [4.69, 9.17) is 9.47 Å². The highest BCUT2D eigenvalue weighted by atomic mass is 32.1. The molecule has 0 aliphatic carbocycles. The van der Waals surface area contributed by atoms with Crippen LogP contribution in [0.4, 0.5) is 13.2 Å². The molecule has 3 rings (SSSR count). The quantitative estimate of drug-likeness (QED) is 0.435. The van der Waals surface area contributed by atoms with E-state index < -0.39 is 24.0 Å². The lowest BCUT2D eigenvalue weighted by molar-refractivity contribution is -0.0596. The zero-order valence-electron chi connectivity index (χ0n) is 19.0. The minimum atomic E-state index is -4.71. The van der Waals surface area contributed by atoms with Gasteiger partial charge in [-0.3, -0.25) is 4.79 Å². The Labute approximate surface area is 199 Å². The van der Waals surface area contributed by atoms with Gasteiger partial charge in [-0.05, 0) is 51.3 Å². The Bertz CT molecular complexity index is 1110. The maximum Gasteiger partial charge on any atom is 0.451 e. The number of hydrogen-bond acceptors (Lipinski definition) is 6. The molecule has 2 aromatic rings. The van der Waals surface area contributed by atoms with E-state index in [9.17, 15) is 18.0 Å². The maximum absolute atomic E-state index is 13.0. The first kappa shape index (κ1) is 25.6. The third-order valence-electron chi connectivity index (χ3n) is 5.05. The first-order valence-electron chi connectivity index (χ1n) is 10.5. The summed E-state index contributed by atoms with van der Waals surface area (Å²) < 4.78 is 49.7. The predicted molar refractivity (Wildman–Crippen MR) is 126 cm³/mol. The lowest BCUT2D eigenvalue weighted by Crippen LogP contribution is -2.33. The largest absolute Gasteiger partial charge is 0.488 e. The molecule has 182 valence electrons. The molecule has 7 nitrogen and oxygen atoms in total. The van der Waals surface area contributed by atoms with Gasteiger partial charge in [0.25, 0.3) is 5.91 Å². The van der Waals surface area contributed by atoms with Crippen LogP contribution in [0, 0.1) is 6.92 Å². The Morgan fingerprint density at radius 2 is 2.18 bits per heavy atom. The minimum Gasteiger partial charge on any atom is -0.488 e. The zero-order chi connectivity index (χ0) is 24.9. The number of benzene rings is 1. The molecule has 11 heteroatoms. The SMILES string of the molecule is C=N/C(=N\C=C(/C)[C@@H](C)NC(=O)c1cc(O[C@H]2CCOC2)cc(-c2ncc(C)s2)c1)C(F)(F)F. The lowest BCUT2D eigenvalue weighted by Gasteiger charge is -2.17. The number of aryl methyl sites for hydroxylation is 1. The summed E-state index contributed by atoms with van der Waals surface area (Å²) in [4.78, 5) is 24.7. The van der Waals surface area contributed by atoms with Gasteiger partial charge in [0.15, 0.2) is 0 Å². The first-order chi connectivity index (χ1) is 16.1. The van der Waals surface area contributed by atoms with Gasteiger partial charge in [-0.2, -0.15) is 13.2 Å². The molecule has 0 saturated carbocycles. The molecule has 1 aromatic heterocycles. The van der Waals surface area contributed by atoms with Crippen molar-refractivity contribution in [1.82, 2.24) is 10.3 Å². The number of thiazole rings is 1. The van der Waals surface area contributed by atoms with Crippen LogP contribution < -0.4 is 10.1 Å². The molecule has 1 saturated heterocycles. The van der Waals surface area contributed by atoms with Gasteiger partial charge >= 0.3 is 6.18 Å². The van der Waals surface area contributed by atoms with Crippen LogP contribution in [0.1, 0.15) is 35.5 Å². The molecule has 0 radical (unpaired) electrons. The van der Waals surface area contributed by atoms with E-state index in [2.05, 4.69) is 27.0 Å². The van der Waals surface area contributed by atoms with Gasteiger partial charge in [-0.25, -0.2) is 15.0 Å². The molecule has 0 bridgehead atoms. The summed E-state index contributed by atoms with van der Waals surface area (Å²) in [6.45, 7) is 9.14. The number of rotatable bonds is 7. The topological polar surface area (TPSA) is 85.2 Å². The highest BCUT2D eigenvalue weighted by molar-refractivity contribution is 7.14. The van der Waals surface area contributed by atoms with Gasteiger partial charge in [-0.15, -0.1) is 11.3 Å². The Morgan fingerprint density at radius 3 is 2.76 bits per heavy atom. The van der Waals surface area contributed by atoms with Gasteiger partial charge in [0, 0.05) is 40.9 Å². The number of amides is 1. The van der Waals surface area contributed by atoms with Gasteiger partial charge < -0.3 is 14.8 Å². The number of hydrogen-bond donors (Lipinski definition) is 1. The smallest absolute Gasteiger partial charge is 0.451 e. The fourth-order valence-electron chi connectivity index (χ4n) is 3.08. The van der Waals surface area contributed by atoms with Crippen molar-refractivity contribution in [3.63, 3.8) is 0 Å². The summed E-state index contributed by atoms with van der Waals surface area (Å²) in [6, 6.07) is 4.58. The predicted octanol–water partition coefficient (Wildman–Crippen LogP) is 4.97. The van der Waals surface area contributed by atoms with E-state index in [0.717, 1.165) is 28.1 Å². The van der Waals surface area contributed by atoms with Crippen LogP contribution in [0.5, 0.6) is 5.75 Å². The van der Waals surface area contributed by atoms with E-state index in [1.807, 2.05) is 13.0 Å². The van der Waals surface area contributed by atoms with Crippen molar-refractivity contribution in [1.29, 1.82) is 0 Å². The summed E-state index contributed by atoms with van der Waals surface area (Å²) in [7, 11) is 0. The fraction of sp³-hybridized carbons (Fsp3) is 0.391. The highest BCUT2D eigenvalue weighted by Gasteiger charge is 2.35. The Morgan fingerprint density at radius 1 is 1.41 bits per heavy atom. The number of nitrogens with one attached hydrogen (secondary N) is 1. The lowest BCUT2D eigenvalue weighted by atomic mass is 10.1. The second-order valence-corrected chi connectivity index (χ2v) is 9.04. The second kappa shape index (κ2) is 10.9. The van der Waals surface area contributed by atoms with Crippen LogP contribution in [0.25, 0.3) is 10.6 Å². The number of alkyl halides is 3. The van der Waals surface area contributed by atoms with E-state index in [-0.39, 0.29) is 6.10 Å². The number of amidine groups is 1. The highest BCUT2D eigenvalue weighted by Crippen LogP contribution is 2.30. The summed E-state index contributed by atoms with van der Waals surface area (Å²) in [5.74, 6) is -1.25. The minimum absolute atomic E-state index is 0.104. The third-order valence-corrected chi connectivity index (χ3v) is 6.01. The summed E-state index contributed by atoms with van der Waals surface area (Å²) in [5.41, 5.74) is 1.48. The molecule has 0 unspecified atom stereocenters. The number of halogens is 3. The Kier molecular flexibility index (Phi) is 8.21. The molecule has 1 fully saturated rings. The van der Waals surface area contributed by atoms with E-state index in [1.165, 1.54) is 11.3 Å². The number of aromatic nitrogens is 1. The second-order valence-electron chi connectivity index (χ2n) is 7.80. The molecule has 34 heavy (non-hydrogen) atoms. The van der Waals surface area contributed by atoms with Crippen LogP contribution in [0.15, 0.2) is 46.2 Å². The molecule has 0 spiro atoms. The number of ether oxygens (including phenoxy) is 2. The van der Waals surface area contributed by atoms with Crippen LogP contribution >= 0.6 is 11.3 Å². The zero-order valence-corrected chi connectivity index (χ0v) is 19.8. The van der Waals surface area contributed by atoms with Crippen LogP contribution in [0.3, 0.4) is 0 Å². The van der Waals surface area contributed by atoms with Gasteiger partial charge in [0.1, 0.15) is 16.9 Å². The van der Waals surface area contributed by atoms with Gasteiger partial charge in [0.05, 0.1) is 13.2 Å². The maximum atomic E-state index is 13.0. The fourth-order valence-corrected chi connectivity index (χ4v) is 3.83. The molecule has 1 aliphatic rings. The Balaban J connectivity index is 1.82. The van der Waals surface area contributed by atoms with Crippen molar-refractivity contribution in [2.24, 2.45) is 9.98 Å². The molecular formula is C23H25F3N4O3S. The van der Waals surface area contributed by atoms with Gasteiger partial charge in [0.2, 0.25) is 5.84 Å². The van der Waals surface area contributed by atoms with Crippen molar-refractivity contribution in [2.45, 2.75) is 45.5 Å². The van der Waals surface area contributed by atoms with Crippen molar-refractivity contribution in [2.75, 3.05) is 13.2 Å². The molecule has 1 aliphatic heterocycles. The molecule has 1 aromatic carbocycles. The molecule has 1 amide bonds. The first-order valence-corrected chi connectivity index (χ1v) is 11.3. The standard InChI is InChI=1S/C23H25F3N4O3S/c1-13(10-29-22(27-4)23(24,25)26)15(3)30-20(31)16-7-17(21-28-11-14(2)34-21)9-19(8-16)33-18-5-6-32-12-18/h7-11,15,18H,4-6,12H2,1-3H3,(H,30,31)/b13-10+,29-22-/t15-,18+/m1/s1. The van der Waals surface area contributed by atoms with E-state index in [0.29, 0.717) is 30.1 Å². The van der Waals surface area contributed by atoms with Gasteiger partial charge in [-0.1, -0.05) is 0 Å². The monoisotopic (exact) mass is 494 g/mol. The average Bonchev–Trinajstić information content (AvgIpc) is 3.44. The molecule has 2 heterocycles. The van der Waals surface area contributed by atoms with Crippen LogP contribution in [0.2, 0.25) is 0 Å². The van der Waals surface area contributed by atoms with E-state index in [1.54, 1.807) is 32.2 Å². The number of aliphatic imine (C=N–C) groups is 2.